The fraction of sp³-hybridized carbons (Fsp3) is 0.514. The summed E-state index contributed by atoms with van der Waals surface area (Å²) in [7, 11) is 0. The molecular weight excluding hydrogens is 682 g/mol. The normalized spacial score (nSPS) is 28.6. The summed E-state index contributed by atoms with van der Waals surface area (Å²) in [4.78, 5) is 49.6. The fourth-order valence-electron chi connectivity index (χ4n) is 5.97. The van der Waals surface area contributed by atoms with Gasteiger partial charge in [0.15, 0.2) is 30.9 Å². The van der Waals surface area contributed by atoms with Crippen molar-refractivity contribution in [3.05, 3.63) is 84.4 Å². The number of aliphatic hydroxyl groups excluding tert-OH is 1. The van der Waals surface area contributed by atoms with Crippen molar-refractivity contribution in [2.24, 2.45) is 0 Å². The number of benzene rings is 2. The Morgan fingerprint density at radius 2 is 1.21 bits per heavy atom. The summed E-state index contributed by atoms with van der Waals surface area (Å²) >= 11 is 0. The molecule has 0 spiro atoms. The highest BCUT2D eigenvalue weighted by atomic mass is 16.8. The third kappa shape index (κ3) is 11.9. The van der Waals surface area contributed by atoms with Crippen molar-refractivity contribution in [2.75, 3.05) is 19.8 Å². The van der Waals surface area contributed by atoms with E-state index in [2.05, 4.69) is 11.9 Å². The lowest BCUT2D eigenvalue weighted by atomic mass is 9.95. The molecule has 2 saturated heterocycles. The van der Waals surface area contributed by atoms with Crippen LogP contribution in [0.5, 0.6) is 0 Å². The van der Waals surface area contributed by atoms with Crippen LogP contribution in [0.1, 0.15) is 38.8 Å². The number of hydrogen-bond acceptors (Lipinski definition) is 14. The van der Waals surface area contributed by atoms with Gasteiger partial charge in [0.2, 0.25) is 5.91 Å². The second-order valence-electron chi connectivity index (χ2n) is 12.2. The molecule has 0 radical (unpaired) electrons. The van der Waals surface area contributed by atoms with Gasteiger partial charge in [-0.2, -0.15) is 0 Å². The van der Waals surface area contributed by atoms with E-state index in [0.29, 0.717) is 0 Å². The summed E-state index contributed by atoms with van der Waals surface area (Å²) < 4.78 is 53.9. The molecule has 2 heterocycles. The molecule has 0 bridgehead atoms. The number of carbonyl (C=O) groups is 4. The van der Waals surface area contributed by atoms with Crippen LogP contribution in [0.25, 0.3) is 0 Å². The van der Waals surface area contributed by atoms with Crippen molar-refractivity contribution in [3.8, 4) is 0 Å². The minimum absolute atomic E-state index is 0.0234. The van der Waals surface area contributed by atoms with E-state index >= 15 is 0 Å². The molecule has 2 fully saturated rings. The van der Waals surface area contributed by atoms with Gasteiger partial charge in [0.05, 0.1) is 33.0 Å². The molecule has 10 atom stereocenters. The summed E-state index contributed by atoms with van der Waals surface area (Å²) in [6.07, 6.45) is -10.3. The van der Waals surface area contributed by atoms with Crippen LogP contribution in [0.4, 0.5) is 0 Å². The first-order valence-corrected chi connectivity index (χ1v) is 16.9. The summed E-state index contributed by atoms with van der Waals surface area (Å²) in [5, 5.41) is 13.7. The van der Waals surface area contributed by atoms with Gasteiger partial charge >= 0.3 is 17.9 Å². The van der Waals surface area contributed by atoms with Crippen LogP contribution in [-0.2, 0) is 75.0 Å². The van der Waals surface area contributed by atoms with Gasteiger partial charge in [0.25, 0.3) is 0 Å². The average Bonchev–Trinajstić information content (AvgIpc) is 3.09. The Morgan fingerprint density at radius 3 is 1.71 bits per heavy atom. The van der Waals surface area contributed by atoms with Gasteiger partial charge in [-0.1, -0.05) is 66.7 Å². The Morgan fingerprint density at radius 1 is 0.712 bits per heavy atom. The number of hydrogen-bond donors (Lipinski definition) is 2. The van der Waals surface area contributed by atoms with E-state index in [9.17, 15) is 24.3 Å². The molecule has 2 aliphatic heterocycles. The van der Waals surface area contributed by atoms with Gasteiger partial charge in [0.1, 0.15) is 30.5 Å². The molecule has 0 aromatic heterocycles. The second-order valence-corrected chi connectivity index (χ2v) is 12.2. The first-order valence-electron chi connectivity index (χ1n) is 16.9. The Kier molecular flexibility index (Phi) is 15.7. The van der Waals surface area contributed by atoms with Gasteiger partial charge in [0, 0.05) is 27.7 Å². The molecule has 284 valence electrons. The SMILES string of the molecule is C=CCO[C@@H]1[C@@H](NC(C)=O)[C@H](O)O[C@H](COCc2ccccc2)[C@H]1O[C@@H]1O[C@H](COCc2ccccc2)[C@H](OC(C)=O)[C@H](OC(C)=O)[C@H]1OC(C)=O. The van der Waals surface area contributed by atoms with Crippen molar-refractivity contribution >= 4 is 23.8 Å². The van der Waals surface area contributed by atoms with E-state index < -0.39 is 85.2 Å². The Balaban J connectivity index is 1.71. The fourth-order valence-corrected chi connectivity index (χ4v) is 5.97. The molecule has 0 aliphatic carbocycles. The molecule has 15 nitrogen and oxygen atoms in total. The Hall–Kier alpha value is -4.22. The third-order valence-electron chi connectivity index (χ3n) is 8.02. The summed E-state index contributed by atoms with van der Waals surface area (Å²) in [5.74, 6) is -2.76. The molecule has 52 heavy (non-hydrogen) atoms. The monoisotopic (exact) mass is 729 g/mol. The summed E-state index contributed by atoms with van der Waals surface area (Å²) in [6.45, 7) is 8.46. The van der Waals surface area contributed by atoms with Crippen LogP contribution in [0.3, 0.4) is 0 Å². The van der Waals surface area contributed by atoms with E-state index in [4.69, 9.17) is 42.6 Å². The molecule has 4 rings (SSSR count). The minimum atomic E-state index is -1.55. The number of esters is 3. The van der Waals surface area contributed by atoms with Crippen LogP contribution in [0.15, 0.2) is 73.3 Å². The largest absolute Gasteiger partial charge is 0.456 e. The Labute approximate surface area is 302 Å². The zero-order valence-corrected chi connectivity index (χ0v) is 29.6. The summed E-state index contributed by atoms with van der Waals surface area (Å²) in [6, 6.07) is 17.5. The van der Waals surface area contributed by atoms with Gasteiger partial charge in [-0.05, 0) is 11.1 Å². The molecule has 0 saturated carbocycles. The molecule has 2 N–H and O–H groups in total. The van der Waals surface area contributed by atoms with Gasteiger partial charge in [-0.15, -0.1) is 6.58 Å². The van der Waals surface area contributed by atoms with E-state index in [0.717, 1.165) is 25.0 Å². The number of nitrogens with one attached hydrogen (secondary N) is 1. The van der Waals surface area contributed by atoms with Crippen molar-refractivity contribution in [1.29, 1.82) is 0 Å². The van der Waals surface area contributed by atoms with E-state index in [1.807, 2.05) is 60.7 Å². The standard InChI is InChI=1S/C37H47NO14/c1-6-17-46-33-30(38-22(2)39)36(43)50-28(20-44-18-26-13-9-7-10-14-26)31(33)52-37-35(49-25(5)42)34(48-24(4)41)32(47-23(3)40)29(51-37)21-45-19-27-15-11-8-12-16-27/h6-16,28-37,43H,1,17-21H2,2-5H3,(H,38,39)/t28-,29-,30-,31-,32+,33-,34+,35-,36-,37+/m1/s1. The molecule has 2 aromatic carbocycles. The zero-order chi connectivity index (χ0) is 37.6. The average molecular weight is 730 g/mol. The lowest BCUT2D eigenvalue weighted by molar-refractivity contribution is -0.350. The first kappa shape index (κ1) is 40.5. The van der Waals surface area contributed by atoms with Crippen molar-refractivity contribution in [2.45, 2.75) is 102 Å². The predicted octanol–water partition coefficient (Wildman–Crippen LogP) is 2.12. The topological polar surface area (TPSA) is 184 Å². The van der Waals surface area contributed by atoms with Crippen LogP contribution in [-0.4, -0.2) is 110 Å². The van der Waals surface area contributed by atoms with Gasteiger partial charge < -0.3 is 53.1 Å². The smallest absolute Gasteiger partial charge is 0.303 e. The van der Waals surface area contributed by atoms with Crippen LogP contribution < -0.4 is 5.32 Å². The lowest BCUT2D eigenvalue weighted by Gasteiger charge is -2.49. The maximum atomic E-state index is 12.5. The molecule has 2 aliphatic rings. The quantitative estimate of drug-likeness (QED) is 0.137. The second kappa shape index (κ2) is 20.1. The molecular formula is C37H47NO14. The molecule has 15 heteroatoms. The third-order valence-corrected chi connectivity index (χ3v) is 8.02. The molecule has 1 amide bonds. The minimum Gasteiger partial charge on any atom is -0.456 e. The van der Waals surface area contributed by atoms with Crippen molar-refractivity contribution in [1.82, 2.24) is 5.32 Å². The highest BCUT2D eigenvalue weighted by Crippen LogP contribution is 2.34. The number of amides is 1. The Bertz CT molecular complexity index is 1460. The van der Waals surface area contributed by atoms with Crippen molar-refractivity contribution in [3.63, 3.8) is 0 Å². The van der Waals surface area contributed by atoms with Crippen molar-refractivity contribution < 1.29 is 66.9 Å². The number of rotatable bonds is 17. The van der Waals surface area contributed by atoms with Gasteiger partial charge in [-0.25, -0.2) is 0 Å². The van der Waals surface area contributed by atoms with Gasteiger partial charge in [-0.3, -0.25) is 19.2 Å². The first-order chi connectivity index (χ1) is 25.0. The number of aliphatic hydroxyl groups is 1. The highest BCUT2D eigenvalue weighted by Gasteiger charge is 2.56. The maximum absolute atomic E-state index is 12.5. The lowest BCUT2D eigenvalue weighted by Crippen LogP contribution is -2.68. The van der Waals surface area contributed by atoms with Crippen LogP contribution in [0.2, 0.25) is 0 Å². The molecule has 0 unspecified atom stereocenters. The molecule has 2 aromatic rings. The van der Waals surface area contributed by atoms with Crippen LogP contribution in [0, 0.1) is 0 Å². The zero-order valence-electron chi connectivity index (χ0n) is 29.6. The maximum Gasteiger partial charge on any atom is 0.303 e. The summed E-state index contributed by atoms with van der Waals surface area (Å²) in [5.41, 5.74) is 1.73. The predicted molar refractivity (Wildman–Crippen MR) is 181 cm³/mol. The van der Waals surface area contributed by atoms with E-state index in [1.54, 1.807) is 0 Å². The van der Waals surface area contributed by atoms with E-state index in [-0.39, 0.29) is 33.0 Å². The van der Waals surface area contributed by atoms with E-state index in [1.165, 1.54) is 19.9 Å². The number of carbonyl (C=O) groups excluding carboxylic acids is 4. The highest BCUT2D eigenvalue weighted by molar-refractivity contribution is 5.73. The van der Waals surface area contributed by atoms with Crippen LogP contribution >= 0.6 is 0 Å². The number of ether oxygens (including phenoxy) is 9.